The lowest BCUT2D eigenvalue weighted by atomic mass is 9.99. The van der Waals surface area contributed by atoms with Gasteiger partial charge in [0.15, 0.2) is 11.3 Å². The van der Waals surface area contributed by atoms with E-state index in [9.17, 15) is 25.9 Å². The average molecular weight is 800 g/mol. The summed E-state index contributed by atoms with van der Waals surface area (Å²) < 4.78 is 92.5. The van der Waals surface area contributed by atoms with Crippen LogP contribution in [-0.2, 0) is 29.3 Å². The zero-order chi connectivity index (χ0) is 39.4. The SMILES string of the molecule is CC(C)N(C(C)C)P(OCCC#N)OCCCCCCN=c1cc2oc3cc(N(C)C)ccc3nc-2c2cc3c(S(=O)(=O)O)cccc3c(S(=O)(=O)O)c12. The second kappa shape index (κ2) is 17.3. The van der Waals surface area contributed by atoms with Crippen molar-refractivity contribution in [1.82, 2.24) is 9.65 Å². The molecule has 3 aromatic rings. The molecule has 3 aromatic carbocycles. The smallest absolute Gasteiger partial charge is 0.295 e. The summed E-state index contributed by atoms with van der Waals surface area (Å²) in [5.41, 5.74) is 2.00. The van der Waals surface area contributed by atoms with Gasteiger partial charge < -0.3 is 18.4 Å². The molecular formula is C37H46N5O9PS2. The Morgan fingerprint density at radius 1 is 0.889 bits per heavy atom. The second-order valence-corrected chi connectivity index (χ2v) is 17.8. The van der Waals surface area contributed by atoms with Gasteiger partial charge >= 0.3 is 0 Å². The fourth-order valence-corrected chi connectivity index (χ4v) is 9.68. The standard InChI is InChI=1S/C37H46N5O9PS2/c1-24(2)42(25(3)4)52(50-20-12-17-38)49-19-10-8-7-9-18-39-31-23-33-36(40-30-16-15-26(41(5)6)21-32(30)51-33)29-22-28-27(37(35(29)31)54(46,47)48)13-11-14-34(28)53(43,44)45/h11,13-16,21-25H,7-10,12,18-20H2,1-6H3,(H,43,44,45)(H,46,47,48). The molecule has 0 bridgehead atoms. The van der Waals surface area contributed by atoms with Crippen LogP contribution in [0.3, 0.4) is 0 Å². The average Bonchev–Trinajstić information content (AvgIpc) is 3.09. The number of nitrogens with zero attached hydrogens (tertiary/aromatic N) is 5. The molecule has 0 spiro atoms. The molecular weight excluding hydrogens is 754 g/mol. The summed E-state index contributed by atoms with van der Waals surface area (Å²) >= 11 is 0. The molecule has 1 aliphatic carbocycles. The van der Waals surface area contributed by atoms with E-state index in [-0.39, 0.29) is 56.9 Å². The zero-order valence-corrected chi connectivity index (χ0v) is 33.7. The Hall–Kier alpha value is -3.78. The molecule has 2 aliphatic rings. The number of benzene rings is 4. The minimum Gasteiger partial charge on any atom is -0.453 e. The molecule has 17 heteroatoms. The topological polar surface area (TPSA) is 196 Å². The van der Waals surface area contributed by atoms with Crippen molar-refractivity contribution in [2.75, 3.05) is 38.8 Å². The van der Waals surface area contributed by atoms with Crippen LogP contribution in [0.5, 0.6) is 0 Å². The highest BCUT2D eigenvalue weighted by atomic mass is 32.2. The van der Waals surface area contributed by atoms with Crippen LogP contribution in [0, 0.1) is 11.3 Å². The summed E-state index contributed by atoms with van der Waals surface area (Å²) in [5.74, 6) is 0.261. The highest BCUT2D eigenvalue weighted by molar-refractivity contribution is 7.86. The van der Waals surface area contributed by atoms with Gasteiger partial charge in [-0.25, -0.2) is 9.65 Å². The van der Waals surface area contributed by atoms with Gasteiger partial charge in [0.05, 0.1) is 31.1 Å². The van der Waals surface area contributed by atoms with E-state index in [1.165, 1.54) is 18.2 Å². The van der Waals surface area contributed by atoms with Gasteiger partial charge in [0, 0.05) is 72.1 Å². The van der Waals surface area contributed by atoms with Crippen LogP contribution in [0.25, 0.3) is 44.1 Å². The van der Waals surface area contributed by atoms with E-state index in [4.69, 9.17) is 28.7 Å². The van der Waals surface area contributed by atoms with Crippen LogP contribution in [-0.4, -0.2) is 81.5 Å². The number of aromatic nitrogens is 1. The number of rotatable bonds is 17. The normalized spacial score (nSPS) is 13.6. The molecule has 2 N–H and O–H groups in total. The van der Waals surface area contributed by atoms with Crippen molar-refractivity contribution >= 4 is 67.1 Å². The van der Waals surface area contributed by atoms with Crippen LogP contribution >= 0.6 is 8.53 Å². The van der Waals surface area contributed by atoms with Gasteiger partial charge in [-0.1, -0.05) is 25.0 Å². The summed E-state index contributed by atoms with van der Waals surface area (Å²) in [7, 11) is -7.33. The Labute approximate surface area is 317 Å². The Morgan fingerprint density at radius 3 is 2.24 bits per heavy atom. The molecule has 1 aliphatic heterocycles. The van der Waals surface area contributed by atoms with E-state index < -0.39 is 38.6 Å². The predicted octanol–water partition coefficient (Wildman–Crippen LogP) is 7.55. The molecule has 5 rings (SSSR count). The second-order valence-electron chi connectivity index (χ2n) is 13.6. The van der Waals surface area contributed by atoms with Crippen LogP contribution in [0.4, 0.5) is 5.69 Å². The maximum Gasteiger partial charge on any atom is 0.295 e. The lowest BCUT2D eigenvalue weighted by molar-refractivity contribution is 0.174. The maximum absolute atomic E-state index is 13.2. The van der Waals surface area contributed by atoms with E-state index in [1.54, 1.807) is 12.1 Å². The molecule has 0 aromatic heterocycles. The fraction of sp³-hybridized carbons (Fsp3) is 0.432. The monoisotopic (exact) mass is 799 g/mol. The molecule has 290 valence electrons. The quantitative estimate of drug-likeness (QED) is 0.0308. The van der Waals surface area contributed by atoms with Gasteiger partial charge in [-0.2, -0.15) is 22.1 Å². The molecule has 1 heterocycles. The summed E-state index contributed by atoms with van der Waals surface area (Å²) in [6.07, 6.45) is 3.33. The van der Waals surface area contributed by atoms with E-state index >= 15 is 0 Å². The third kappa shape index (κ3) is 9.35. The first kappa shape index (κ1) is 41.4. The number of fused-ring (bicyclic) bond motifs is 5. The summed E-state index contributed by atoms with van der Waals surface area (Å²) in [4.78, 5) is 10.4. The molecule has 0 amide bonds. The van der Waals surface area contributed by atoms with Crippen LogP contribution in [0.2, 0.25) is 0 Å². The Balaban J connectivity index is 1.51. The third-order valence-electron chi connectivity index (χ3n) is 8.75. The highest BCUT2D eigenvalue weighted by Gasteiger charge is 2.28. The summed E-state index contributed by atoms with van der Waals surface area (Å²) in [6, 6.07) is 14.8. The highest BCUT2D eigenvalue weighted by Crippen LogP contribution is 2.46. The lowest BCUT2D eigenvalue weighted by Crippen LogP contribution is -2.33. The Bertz CT molecular complexity index is 2440. The molecule has 1 unspecified atom stereocenters. The number of hydrogen-bond donors (Lipinski definition) is 2. The lowest BCUT2D eigenvalue weighted by Gasteiger charge is -2.35. The minimum absolute atomic E-state index is 0.0509. The largest absolute Gasteiger partial charge is 0.453 e. The zero-order valence-electron chi connectivity index (χ0n) is 31.2. The first-order chi connectivity index (χ1) is 25.5. The maximum atomic E-state index is 13.2. The van der Waals surface area contributed by atoms with Crippen molar-refractivity contribution in [2.45, 2.75) is 81.7 Å². The van der Waals surface area contributed by atoms with Crippen LogP contribution < -0.4 is 10.3 Å². The van der Waals surface area contributed by atoms with E-state index in [2.05, 4.69) is 38.4 Å². The van der Waals surface area contributed by atoms with Crippen molar-refractivity contribution in [3.63, 3.8) is 0 Å². The first-order valence-corrected chi connectivity index (χ1v) is 21.6. The van der Waals surface area contributed by atoms with Gasteiger partial charge in [-0.3, -0.25) is 14.1 Å². The number of nitriles is 1. The van der Waals surface area contributed by atoms with Crippen LogP contribution in [0.15, 0.2) is 67.7 Å². The van der Waals surface area contributed by atoms with E-state index in [1.807, 2.05) is 31.1 Å². The first-order valence-electron chi connectivity index (χ1n) is 17.6. The van der Waals surface area contributed by atoms with Crippen molar-refractivity contribution < 1.29 is 39.4 Å². The molecule has 0 radical (unpaired) electrons. The number of anilines is 1. The van der Waals surface area contributed by atoms with Gasteiger partial charge in [-0.15, -0.1) is 0 Å². The van der Waals surface area contributed by atoms with E-state index in [0.717, 1.165) is 31.0 Å². The summed E-state index contributed by atoms with van der Waals surface area (Å²) in [6.45, 7) is 9.42. The predicted molar refractivity (Wildman–Crippen MR) is 210 cm³/mol. The Kier molecular flexibility index (Phi) is 13.3. The van der Waals surface area contributed by atoms with Crippen molar-refractivity contribution in [3.05, 3.63) is 53.9 Å². The molecule has 14 nitrogen and oxygen atoms in total. The molecule has 0 saturated carbocycles. The summed E-state index contributed by atoms with van der Waals surface area (Å²) in [5, 5.41) is 9.17. The molecule has 54 heavy (non-hydrogen) atoms. The van der Waals surface area contributed by atoms with Crippen LogP contribution in [0.1, 0.15) is 59.8 Å². The van der Waals surface area contributed by atoms with Crippen molar-refractivity contribution in [1.29, 1.82) is 5.26 Å². The number of hydrogen-bond acceptors (Lipinski definition) is 12. The third-order valence-corrected chi connectivity index (χ3v) is 12.7. The molecule has 0 saturated heterocycles. The molecule has 0 fully saturated rings. The molecule has 1 atom stereocenters. The van der Waals surface area contributed by atoms with Gasteiger partial charge in [0.1, 0.15) is 21.0 Å². The van der Waals surface area contributed by atoms with Crippen molar-refractivity contribution in [2.24, 2.45) is 4.99 Å². The van der Waals surface area contributed by atoms with Gasteiger partial charge in [0.25, 0.3) is 28.8 Å². The fourth-order valence-electron chi connectivity index (χ4n) is 6.43. The van der Waals surface area contributed by atoms with Gasteiger partial charge in [0.2, 0.25) is 0 Å². The van der Waals surface area contributed by atoms with Gasteiger partial charge in [-0.05, 0) is 64.8 Å². The minimum atomic E-state index is -4.99. The number of unbranched alkanes of at least 4 members (excludes halogenated alkanes) is 3. The van der Waals surface area contributed by atoms with Crippen molar-refractivity contribution in [3.8, 4) is 17.5 Å². The Morgan fingerprint density at radius 2 is 1.59 bits per heavy atom. The van der Waals surface area contributed by atoms with E-state index in [0.29, 0.717) is 37.3 Å².